The Morgan fingerprint density at radius 1 is 1.07 bits per heavy atom. The maximum Gasteiger partial charge on any atom is 0.261 e. The second-order valence-corrected chi connectivity index (χ2v) is 9.00. The lowest BCUT2D eigenvalue weighted by Crippen LogP contribution is -2.40. The van der Waals surface area contributed by atoms with Gasteiger partial charge in [0.25, 0.3) is 5.56 Å². The molecule has 146 valence electrons. The largest absolute Gasteiger partial charge is 0.296 e. The topological polar surface area (TPSA) is 72.3 Å². The monoisotopic (exact) mass is 401 g/mol. The summed E-state index contributed by atoms with van der Waals surface area (Å²) in [5.41, 5.74) is 1.14. The quantitative estimate of drug-likeness (QED) is 0.677. The fourth-order valence-corrected chi connectivity index (χ4v) is 5.06. The second-order valence-electron chi connectivity index (χ2n) is 7.07. The summed E-state index contributed by atoms with van der Waals surface area (Å²) in [6.07, 6.45) is 2.46. The predicted molar refractivity (Wildman–Crippen MR) is 104 cm³/mol. The molecule has 1 aromatic heterocycles. The van der Waals surface area contributed by atoms with Gasteiger partial charge in [-0.05, 0) is 50.1 Å². The molecule has 0 aliphatic carbocycles. The van der Waals surface area contributed by atoms with Crippen LogP contribution in [0.3, 0.4) is 0 Å². The lowest BCUT2D eigenvalue weighted by molar-refractivity contribution is 0.269. The summed E-state index contributed by atoms with van der Waals surface area (Å²) in [6.45, 7) is 2.53. The fraction of sp³-hybridized carbons (Fsp3) is 0.300. The van der Waals surface area contributed by atoms with Crippen molar-refractivity contribution in [1.82, 2.24) is 13.9 Å². The highest BCUT2D eigenvalue weighted by molar-refractivity contribution is 7.89. The number of aromatic nitrogens is 2. The molecule has 1 fully saturated rings. The summed E-state index contributed by atoms with van der Waals surface area (Å²) in [4.78, 5) is 17.3. The first-order valence-corrected chi connectivity index (χ1v) is 10.5. The summed E-state index contributed by atoms with van der Waals surface area (Å²) in [5.74, 6) is -0.483. The van der Waals surface area contributed by atoms with Crippen molar-refractivity contribution in [2.24, 2.45) is 0 Å². The van der Waals surface area contributed by atoms with Crippen LogP contribution in [0.4, 0.5) is 4.39 Å². The summed E-state index contributed by atoms with van der Waals surface area (Å²) in [6, 6.07) is 10.6. The van der Waals surface area contributed by atoms with Crippen LogP contribution in [-0.2, 0) is 10.0 Å². The van der Waals surface area contributed by atoms with Gasteiger partial charge in [-0.15, -0.1) is 0 Å². The third-order valence-electron chi connectivity index (χ3n) is 5.22. The van der Waals surface area contributed by atoms with Crippen LogP contribution in [0.1, 0.15) is 24.4 Å². The van der Waals surface area contributed by atoms with Crippen molar-refractivity contribution in [2.45, 2.75) is 30.7 Å². The zero-order valence-electron chi connectivity index (χ0n) is 15.4. The maximum atomic E-state index is 13.5. The van der Waals surface area contributed by atoms with E-state index < -0.39 is 15.8 Å². The van der Waals surface area contributed by atoms with E-state index in [4.69, 9.17) is 0 Å². The Labute approximate surface area is 162 Å². The van der Waals surface area contributed by atoms with Gasteiger partial charge in [0, 0.05) is 19.1 Å². The minimum Gasteiger partial charge on any atom is -0.296 e. The molecule has 28 heavy (non-hydrogen) atoms. The van der Waals surface area contributed by atoms with Gasteiger partial charge in [0.1, 0.15) is 5.82 Å². The van der Waals surface area contributed by atoms with Crippen molar-refractivity contribution in [3.8, 4) is 0 Å². The average Bonchev–Trinajstić information content (AvgIpc) is 2.69. The number of hydrogen-bond acceptors (Lipinski definition) is 4. The molecule has 0 bridgehead atoms. The molecule has 1 aliphatic heterocycles. The first-order chi connectivity index (χ1) is 13.4. The number of nitrogens with zero attached hydrogens (tertiary/aromatic N) is 3. The Bertz CT molecular complexity index is 1180. The molecule has 0 atom stereocenters. The van der Waals surface area contributed by atoms with E-state index >= 15 is 0 Å². The molecule has 2 aromatic carbocycles. The van der Waals surface area contributed by atoms with Gasteiger partial charge in [-0.2, -0.15) is 4.31 Å². The predicted octanol–water partition coefficient (Wildman–Crippen LogP) is 2.87. The Kier molecular flexibility index (Phi) is 4.76. The van der Waals surface area contributed by atoms with Gasteiger partial charge in [-0.25, -0.2) is 17.8 Å². The van der Waals surface area contributed by atoms with E-state index in [9.17, 15) is 17.6 Å². The van der Waals surface area contributed by atoms with Crippen LogP contribution in [0.25, 0.3) is 10.9 Å². The molecule has 0 N–H and O–H groups in total. The average molecular weight is 401 g/mol. The van der Waals surface area contributed by atoms with Crippen molar-refractivity contribution < 1.29 is 12.8 Å². The maximum absolute atomic E-state index is 13.5. The first-order valence-electron chi connectivity index (χ1n) is 9.09. The molecule has 2 heterocycles. The normalized spacial score (nSPS) is 16.5. The Balaban J connectivity index is 1.56. The van der Waals surface area contributed by atoms with Gasteiger partial charge in [0.15, 0.2) is 0 Å². The first kappa shape index (κ1) is 18.8. The molecule has 8 heteroatoms. The lowest BCUT2D eigenvalue weighted by Gasteiger charge is -2.32. The number of rotatable bonds is 3. The Morgan fingerprint density at radius 3 is 2.43 bits per heavy atom. The molecule has 0 amide bonds. The molecule has 1 aliphatic rings. The number of hydrogen-bond donors (Lipinski definition) is 0. The zero-order chi connectivity index (χ0) is 19.9. The molecule has 0 unspecified atom stereocenters. The molecular weight excluding hydrogens is 381 g/mol. The van der Waals surface area contributed by atoms with Gasteiger partial charge in [0.2, 0.25) is 10.0 Å². The molecule has 3 aromatic rings. The van der Waals surface area contributed by atoms with Crippen LogP contribution < -0.4 is 5.56 Å². The van der Waals surface area contributed by atoms with E-state index in [1.54, 1.807) is 24.3 Å². The van der Waals surface area contributed by atoms with Gasteiger partial charge >= 0.3 is 0 Å². The summed E-state index contributed by atoms with van der Waals surface area (Å²) >= 11 is 0. The minimum atomic E-state index is -3.55. The van der Waals surface area contributed by atoms with Crippen molar-refractivity contribution in [3.05, 3.63) is 70.5 Å². The van der Waals surface area contributed by atoms with E-state index in [0.717, 1.165) is 5.56 Å². The fourth-order valence-electron chi connectivity index (χ4n) is 3.59. The standard InChI is InChI=1S/C20H20FN3O3S/c1-14-2-5-17(6-3-14)28(26,27)23-10-8-16(9-11-23)24-13-22-19-7-4-15(21)12-18(19)20(24)25/h2-7,12-13,16H,8-11H2,1H3. The van der Waals surface area contributed by atoms with Crippen LogP contribution in [0.15, 0.2) is 58.5 Å². The number of aryl methyl sites for hydroxylation is 1. The van der Waals surface area contributed by atoms with E-state index in [1.165, 1.54) is 33.4 Å². The summed E-state index contributed by atoms with van der Waals surface area (Å²) in [7, 11) is -3.55. The molecule has 6 nitrogen and oxygen atoms in total. The molecule has 0 radical (unpaired) electrons. The minimum absolute atomic E-state index is 0.169. The highest BCUT2D eigenvalue weighted by Gasteiger charge is 2.30. The number of halogens is 1. The molecule has 0 saturated carbocycles. The number of benzene rings is 2. The van der Waals surface area contributed by atoms with Crippen LogP contribution in [0.5, 0.6) is 0 Å². The third-order valence-corrected chi connectivity index (χ3v) is 7.13. The van der Waals surface area contributed by atoms with Crippen LogP contribution in [0.2, 0.25) is 0 Å². The van der Waals surface area contributed by atoms with E-state index in [0.29, 0.717) is 31.4 Å². The summed E-state index contributed by atoms with van der Waals surface area (Å²) < 4.78 is 42.1. The summed E-state index contributed by atoms with van der Waals surface area (Å²) in [5, 5.41) is 0.234. The highest BCUT2D eigenvalue weighted by Crippen LogP contribution is 2.26. The second kappa shape index (κ2) is 7.10. The van der Waals surface area contributed by atoms with Gasteiger partial charge < -0.3 is 0 Å². The molecular formula is C20H20FN3O3S. The number of piperidine rings is 1. The van der Waals surface area contributed by atoms with E-state index in [-0.39, 0.29) is 21.9 Å². The van der Waals surface area contributed by atoms with Crippen molar-refractivity contribution in [3.63, 3.8) is 0 Å². The van der Waals surface area contributed by atoms with E-state index in [2.05, 4.69) is 4.98 Å². The van der Waals surface area contributed by atoms with Crippen LogP contribution in [0, 0.1) is 12.7 Å². The van der Waals surface area contributed by atoms with Gasteiger partial charge in [-0.3, -0.25) is 9.36 Å². The van der Waals surface area contributed by atoms with Crippen molar-refractivity contribution >= 4 is 20.9 Å². The Morgan fingerprint density at radius 2 is 1.75 bits per heavy atom. The molecule has 0 spiro atoms. The van der Waals surface area contributed by atoms with Gasteiger partial charge in [0.05, 0.1) is 22.1 Å². The smallest absolute Gasteiger partial charge is 0.261 e. The SMILES string of the molecule is Cc1ccc(S(=O)(=O)N2CCC(n3cnc4ccc(F)cc4c3=O)CC2)cc1. The van der Waals surface area contributed by atoms with Crippen LogP contribution >= 0.6 is 0 Å². The number of sulfonamides is 1. The van der Waals surface area contributed by atoms with Crippen molar-refractivity contribution in [1.29, 1.82) is 0 Å². The van der Waals surface area contributed by atoms with Gasteiger partial charge in [-0.1, -0.05) is 17.7 Å². The van der Waals surface area contributed by atoms with Crippen molar-refractivity contribution in [2.75, 3.05) is 13.1 Å². The Hall–Kier alpha value is -2.58. The van der Waals surface area contributed by atoms with E-state index in [1.807, 2.05) is 6.92 Å². The number of fused-ring (bicyclic) bond motifs is 1. The third kappa shape index (κ3) is 3.33. The van der Waals surface area contributed by atoms with Crippen LogP contribution in [-0.4, -0.2) is 35.4 Å². The molecule has 4 rings (SSSR count). The lowest BCUT2D eigenvalue weighted by atomic mass is 10.1. The zero-order valence-corrected chi connectivity index (χ0v) is 16.2. The highest BCUT2D eigenvalue weighted by atomic mass is 32.2. The molecule has 1 saturated heterocycles.